The molecule has 2 heterocycles. The Hall–Kier alpha value is -1.90. The summed E-state index contributed by atoms with van der Waals surface area (Å²) < 4.78 is 63.3. The molecule has 0 atom stereocenters. The van der Waals surface area contributed by atoms with Crippen molar-refractivity contribution in [1.29, 1.82) is 0 Å². The summed E-state index contributed by atoms with van der Waals surface area (Å²) in [5.41, 5.74) is 4.27. The smallest absolute Gasteiger partial charge is 0.381 e. The molecule has 0 unspecified atom stereocenters. The molecule has 20 heavy (non-hydrogen) atoms. The van der Waals surface area contributed by atoms with Gasteiger partial charge in [0.25, 0.3) is 0 Å². The summed E-state index contributed by atoms with van der Waals surface area (Å²) in [4.78, 5) is 7.00. The van der Waals surface area contributed by atoms with E-state index in [1.807, 2.05) is 0 Å². The van der Waals surface area contributed by atoms with Crippen LogP contribution in [-0.2, 0) is 6.18 Å². The predicted molar refractivity (Wildman–Crippen MR) is 61.9 cm³/mol. The second-order valence-electron chi connectivity index (χ2n) is 3.63. The minimum Gasteiger partial charge on any atom is -0.381 e. The molecule has 0 radical (unpaired) electrons. The minimum absolute atomic E-state index is 0.0791. The van der Waals surface area contributed by atoms with E-state index in [2.05, 4.69) is 9.97 Å². The molecule has 0 aliphatic rings. The Morgan fingerprint density at radius 1 is 1.10 bits per heavy atom. The zero-order valence-electron chi connectivity index (χ0n) is 9.58. The highest BCUT2D eigenvalue weighted by Crippen LogP contribution is 2.32. The maximum atomic E-state index is 13.4. The molecule has 9 heteroatoms. The zero-order valence-corrected chi connectivity index (χ0v) is 10.4. The Morgan fingerprint density at radius 2 is 1.80 bits per heavy atom. The fourth-order valence-electron chi connectivity index (χ4n) is 1.24. The van der Waals surface area contributed by atoms with Crippen molar-refractivity contribution in [3.8, 4) is 0 Å². The number of rotatable bonds is 2. The summed E-state index contributed by atoms with van der Waals surface area (Å²) in [6.45, 7) is 0. The van der Waals surface area contributed by atoms with Crippen molar-refractivity contribution in [3.63, 3.8) is 0 Å². The molecule has 3 nitrogen and oxygen atoms in total. The monoisotopic (exact) mass is 307 g/mol. The van der Waals surface area contributed by atoms with E-state index in [9.17, 15) is 22.0 Å². The number of nitrogen functional groups attached to an aromatic ring is 1. The first-order valence-electron chi connectivity index (χ1n) is 5.10. The van der Waals surface area contributed by atoms with Gasteiger partial charge in [-0.15, -0.1) is 0 Å². The number of nitrogens with zero attached hydrogens (tertiary/aromatic N) is 2. The van der Waals surface area contributed by atoms with Crippen molar-refractivity contribution in [1.82, 2.24) is 9.97 Å². The third-order valence-corrected chi connectivity index (χ3v) is 3.12. The van der Waals surface area contributed by atoms with Crippen molar-refractivity contribution in [3.05, 3.63) is 41.6 Å². The molecule has 0 fully saturated rings. The minimum atomic E-state index is -4.50. The lowest BCUT2D eigenvalue weighted by atomic mass is 10.3. The van der Waals surface area contributed by atoms with E-state index in [1.54, 1.807) is 0 Å². The Kier molecular flexibility index (Phi) is 3.80. The van der Waals surface area contributed by atoms with Gasteiger partial charge in [0.2, 0.25) is 0 Å². The first-order chi connectivity index (χ1) is 9.27. The summed E-state index contributed by atoms with van der Waals surface area (Å²) in [5, 5.41) is -0.188. The average Bonchev–Trinajstić information content (AvgIpc) is 2.35. The van der Waals surface area contributed by atoms with Crippen molar-refractivity contribution in [2.75, 3.05) is 5.73 Å². The van der Waals surface area contributed by atoms with Gasteiger partial charge in [-0.05, 0) is 23.9 Å². The van der Waals surface area contributed by atoms with Crippen LogP contribution in [0.5, 0.6) is 0 Å². The molecule has 106 valence electrons. The summed E-state index contributed by atoms with van der Waals surface area (Å²) in [7, 11) is 0. The van der Waals surface area contributed by atoms with Gasteiger partial charge in [-0.25, -0.2) is 18.7 Å². The molecule has 0 saturated heterocycles. The molecule has 0 aliphatic heterocycles. The van der Waals surface area contributed by atoms with Crippen molar-refractivity contribution >= 4 is 17.6 Å². The highest BCUT2D eigenvalue weighted by molar-refractivity contribution is 7.99. The molecule has 0 amide bonds. The number of nitrogens with two attached hydrogens (primary N) is 1. The summed E-state index contributed by atoms with van der Waals surface area (Å²) in [5.74, 6) is -2.48. The Morgan fingerprint density at radius 3 is 2.35 bits per heavy atom. The quantitative estimate of drug-likeness (QED) is 0.863. The van der Waals surface area contributed by atoms with Gasteiger partial charge in [-0.2, -0.15) is 13.2 Å². The number of hydrogen-bond acceptors (Lipinski definition) is 4. The molecule has 0 aliphatic carbocycles. The average molecular weight is 307 g/mol. The van der Waals surface area contributed by atoms with Gasteiger partial charge in [0.05, 0.1) is 5.56 Å². The van der Waals surface area contributed by atoms with Crippen LogP contribution in [0.25, 0.3) is 0 Å². The van der Waals surface area contributed by atoms with Gasteiger partial charge in [0.15, 0.2) is 17.5 Å². The standard InChI is InChI=1S/C11H6F5N3S/c12-6-3-7(13)10(19-9(6)17)20-8-2-1-5(4-18-8)11(14,15)16/h1-4H,(H2,17,19). The lowest BCUT2D eigenvalue weighted by Crippen LogP contribution is -2.05. The molecule has 2 aromatic heterocycles. The van der Waals surface area contributed by atoms with Crippen LogP contribution >= 0.6 is 11.8 Å². The van der Waals surface area contributed by atoms with E-state index in [4.69, 9.17) is 5.73 Å². The number of alkyl halides is 3. The summed E-state index contributed by atoms with van der Waals surface area (Å²) in [6.07, 6.45) is -3.88. The topological polar surface area (TPSA) is 51.8 Å². The van der Waals surface area contributed by atoms with E-state index in [0.717, 1.165) is 12.1 Å². The largest absolute Gasteiger partial charge is 0.417 e. The van der Waals surface area contributed by atoms with Crippen LogP contribution in [0.15, 0.2) is 34.4 Å². The number of pyridine rings is 2. The van der Waals surface area contributed by atoms with Gasteiger partial charge >= 0.3 is 6.18 Å². The van der Waals surface area contributed by atoms with Crippen LogP contribution in [0.1, 0.15) is 5.56 Å². The normalized spacial score (nSPS) is 11.7. The molecular weight excluding hydrogens is 301 g/mol. The maximum absolute atomic E-state index is 13.4. The third kappa shape index (κ3) is 3.16. The van der Waals surface area contributed by atoms with Crippen LogP contribution in [0.3, 0.4) is 0 Å². The first kappa shape index (κ1) is 14.5. The van der Waals surface area contributed by atoms with Gasteiger partial charge in [-0.1, -0.05) is 0 Å². The molecule has 0 aromatic carbocycles. The molecular formula is C11H6F5N3S. The second-order valence-corrected chi connectivity index (χ2v) is 4.64. The van der Waals surface area contributed by atoms with Crippen molar-refractivity contribution in [2.24, 2.45) is 0 Å². The zero-order chi connectivity index (χ0) is 14.9. The SMILES string of the molecule is Nc1nc(Sc2ccc(C(F)(F)F)cn2)c(F)cc1F. The summed E-state index contributed by atoms with van der Waals surface area (Å²) >= 11 is 0.645. The van der Waals surface area contributed by atoms with E-state index in [-0.39, 0.29) is 10.1 Å². The van der Waals surface area contributed by atoms with Gasteiger partial charge in [0.1, 0.15) is 10.1 Å². The van der Waals surface area contributed by atoms with Crippen LogP contribution in [0, 0.1) is 11.6 Å². The molecule has 2 aromatic rings. The third-order valence-electron chi connectivity index (χ3n) is 2.19. The van der Waals surface area contributed by atoms with Crippen LogP contribution in [0.2, 0.25) is 0 Å². The van der Waals surface area contributed by atoms with E-state index >= 15 is 0 Å². The first-order valence-corrected chi connectivity index (χ1v) is 5.91. The van der Waals surface area contributed by atoms with Crippen LogP contribution < -0.4 is 5.73 Å². The Bertz CT molecular complexity index is 627. The molecule has 0 spiro atoms. The Labute approximate surface area is 114 Å². The number of aromatic nitrogens is 2. The van der Waals surface area contributed by atoms with Crippen molar-refractivity contribution in [2.45, 2.75) is 16.2 Å². The fraction of sp³-hybridized carbons (Fsp3) is 0.0909. The summed E-state index contributed by atoms with van der Waals surface area (Å²) in [6, 6.07) is 2.42. The maximum Gasteiger partial charge on any atom is 0.417 e. The lowest BCUT2D eigenvalue weighted by Gasteiger charge is -2.07. The predicted octanol–water partition coefficient (Wildman–Crippen LogP) is 3.51. The van der Waals surface area contributed by atoms with Gasteiger partial charge < -0.3 is 5.73 Å². The number of halogens is 5. The van der Waals surface area contributed by atoms with Gasteiger partial charge in [-0.3, -0.25) is 0 Å². The fourth-order valence-corrected chi connectivity index (χ4v) is 1.98. The molecule has 0 bridgehead atoms. The van der Waals surface area contributed by atoms with Crippen LogP contribution in [0.4, 0.5) is 27.8 Å². The highest BCUT2D eigenvalue weighted by Gasteiger charge is 2.30. The van der Waals surface area contributed by atoms with E-state index < -0.39 is 29.2 Å². The second kappa shape index (κ2) is 5.23. The lowest BCUT2D eigenvalue weighted by molar-refractivity contribution is -0.137. The molecule has 0 saturated carbocycles. The van der Waals surface area contributed by atoms with E-state index in [1.165, 1.54) is 0 Å². The number of anilines is 1. The van der Waals surface area contributed by atoms with Gasteiger partial charge in [0, 0.05) is 12.3 Å². The van der Waals surface area contributed by atoms with Crippen molar-refractivity contribution < 1.29 is 22.0 Å². The molecule has 2 rings (SSSR count). The number of hydrogen-bond donors (Lipinski definition) is 1. The van der Waals surface area contributed by atoms with E-state index in [0.29, 0.717) is 24.0 Å². The highest BCUT2D eigenvalue weighted by atomic mass is 32.2. The molecule has 2 N–H and O–H groups in total. The van der Waals surface area contributed by atoms with Crippen LogP contribution in [-0.4, -0.2) is 9.97 Å². The Balaban J connectivity index is 2.25.